The Morgan fingerprint density at radius 2 is 2.12 bits per heavy atom. The van der Waals surface area contributed by atoms with Crippen LogP contribution >= 0.6 is 11.3 Å². The fourth-order valence-corrected chi connectivity index (χ4v) is 4.06. The molecule has 0 fully saturated rings. The molecule has 1 aliphatic rings. The van der Waals surface area contributed by atoms with E-state index in [1.807, 2.05) is 23.6 Å². The van der Waals surface area contributed by atoms with Crippen LogP contribution in [0.15, 0.2) is 48.2 Å². The van der Waals surface area contributed by atoms with Crippen LogP contribution in [0.2, 0.25) is 0 Å². The van der Waals surface area contributed by atoms with Crippen molar-refractivity contribution in [3.63, 3.8) is 0 Å². The number of carbonyl (C=O) groups is 1. The fourth-order valence-electron chi connectivity index (χ4n) is 3.23. The number of thiophene rings is 1. The molecule has 1 aliphatic carbocycles. The van der Waals surface area contributed by atoms with E-state index in [9.17, 15) is 4.79 Å². The minimum absolute atomic E-state index is 0.118. The van der Waals surface area contributed by atoms with E-state index in [1.54, 1.807) is 34.4 Å². The predicted molar refractivity (Wildman–Crippen MR) is 93.7 cm³/mol. The molecule has 0 aromatic carbocycles. The molecule has 5 rings (SSSR count). The van der Waals surface area contributed by atoms with E-state index in [1.165, 1.54) is 4.88 Å². The van der Waals surface area contributed by atoms with E-state index >= 15 is 0 Å². The van der Waals surface area contributed by atoms with Gasteiger partial charge in [-0.15, -0.1) is 16.4 Å². The molecule has 0 saturated heterocycles. The van der Waals surface area contributed by atoms with Gasteiger partial charge in [-0.2, -0.15) is 4.98 Å². The Balaban J connectivity index is 1.59. The highest BCUT2D eigenvalue weighted by Crippen LogP contribution is 2.34. The summed E-state index contributed by atoms with van der Waals surface area (Å²) in [6.45, 7) is 0. The first-order chi connectivity index (χ1) is 12.3. The molecule has 0 aliphatic heterocycles. The molecule has 7 heteroatoms. The number of nitrogens with zero attached hydrogens (tertiary/aromatic N) is 5. The van der Waals surface area contributed by atoms with Crippen LogP contribution in [-0.2, 0) is 6.42 Å². The lowest BCUT2D eigenvalue weighted by molar-refractivity contribution is 0.0963. The number of rotatable bonds is 2. The maximum absolute atomic E-state index is 12.6. The van der Waals surface area contributed by atoms with E-state index in [0.29, 0.717) is 23.6 Å². The molecule has 1 atom stereocenters. The normalized spacial score (nSPS) is 17.0. The van der Waals surface area contributed by atoms with E-state index in [0.717, 1.165) is 17.7 Å². The molecule has 4 heterocycles. The number of carbonyl (C=O) groups excluding carboxylic acids is 1. The van der Waals surface area contributed by atoms with Crippen molar-refractivity contribution in [1.82, 2.24) is 24.6 Å². The van der Waals surface area contributed by atoms with Crippen LogP contribution in [0.3, 0.4) is 0 Å². The number of Topliss-reactive ketones (excluding diaryl/α,β-unsaturated/α-hetero) is 1. The molecule has 4 aromatic heterocycles. The van der Waals surface area contributed by atoms with Crippen LogP contribution in [0.1, 0.15) is 33.3 Å². The first kappa shape index (κ1) is 14.4. The summed E-state index contributed by atoms with van der Waals surface area (Å²) in [5, 5.41) is 6.49. The quantitative estimate of drug-likeness (QED) is 0.557. The number of aromatic nitrogens is 5. The summed E-state index contributed by atoms with van der Waals surface area (Å²) in [5.74, 6) is 1.39. The van der Waals surface area contributed by atoms with Gasteiger partial charge in [0, 0.05) is 41.4 Å². The minimum atomic E-state index is 0.118. The van der Waals surface area contributed by atoms with Gasteiger partial charge >= 0.3 is 0 Å². The SMILES string of the molecule is O=C1C[C@H](c2cccs2)Cc2nc3nc(-c4cccnc4)nn3cc21. The number of pyridine rings is 1. The van der Waals surface area contributed by atoms with Gasteiger partial charge in [0.25, 0.3) is 5.78 Å². The molecule has 122 valence electrons. The molecular weight excluding hydrogens is 334 g/mol. The summed E-state index contributed by atoms with van der Waals surface area (Å²) in [4.78, 5) is 27.1. The number of ketones is 1. The topological polar surface area (TPSA) is 73.0 Å². The van der Waals surface area contributed by atoms with Gasteiger partial charge in [-0.05, 0) is 30.0 Å². The van der Waals surface area contributed by atoms with Gasteiger partial charge in [0.2, 0.25) is 0 Å². The van der Waals surface area contributed by atoms with Gasteiger partial charge in [0.1, 0.15) is 0 Å². The average Bonchev–Trinajstić information content (AvgIpc) is 3.30. The van der Waals surface area contributed by atoms with Crippen LogP contribution in [0.25, 0.3) is 17.2 Å². The van der Waals surface area contributed by atoms with Gasteiger partial charge in [-0.25, -0.2) is 9.50 Å². The molecule has 0 saturated carbocycles. The molecule has 25 heavy (non-hydrogen) atoms. The highest BCUT2D eigenvalue weighted by atomic mass is 32.1. The Bertz CT molecular complexity index is 1070. The largest absolute Gasteiger partial charge is 0.294 e. The molecule has 0 bridgehead atoms. The van der Waals surface area contributed by atoms with E-state index in [-0.39, 0.29) is 11.7 Å². The second-order valence-electron chi connectivity index (χ2n) is 6.07. The Hall–Kier alpha value is -2.93. The first-order valence-electron chi connectivity index (χ1n) is 8.01. The van der Waals surface area contributed by atoms with Crippen molar-refractivity contribution in [2.75, 3.05) is 0 Å². The molecule has 0 unspecified atom stereocenters. The molecule has 0 radical (unpaired) electrons. The Morgan fingerprint density at radius 1 is 1.16 bits per heavy atom. The third kappa shape index (κ3) is 2.44. The lowest BCUT2D eigenvalue weighted by Gasteiger charge is -2.21. The van der Waals surface area contributed by atoms with Gasteiger partial charge in [0.15, 0.2) is 11.6 Å². The maximum atomic E-state index is 12.6. The van der Waals surface area contributed by atoms with Crippen LogP contribution < -0.4 is 0 Å². The van der Waals surface area contributed by atoms with Crippen molar-refractivity contribution in [2.45, 2.75) is 18.8 Å². The Labute approximate surface area is 147 Å². The van der Waals surface area contributed by atoms with E-state index in [2.05, 4.69) is 26.1 Å². The third-order valence-corrected chi connectivity index (χ3v) is 5.48. The van der Waals surface area contributed by atoms with Crippen LogP contribution in [0.5, 0.6) is 0 Å². The van der Waals surface area contributed by atoms with Crippen molar-refractivity contribution in [1.29, 1.82) is 0 Å². The van der Waals surface area contributed by atoms with Crippen molar-refractivity contribution < 1.29 is 4.79 Å². The summed E-state index contributed by atoms with van der Waals surface area (Å²) in [5.41, 5.74) is 2.30. The Morgan fingerprint density at radius 3 is 2.92 bits per heavy atom. The zero-order valence-corrected chi connectivity index (χ0v) is 14.0. The first-order valence-corrected chi connectivity index (χ1v) is 8.89. The van der Waals surface area contributed by atoms with E-state index in [4.69, 9.17) is 0 Å². The Kier molecular flexibility index (Phi) is 3.21. The lowest BCUT2D eigenvalue weighted by Crippen LogP contribution is -2.20. The number of hydrogen-bond donors (Lipinski definition) is 0. The lowest BCUT2D eigenvalue weighted by atomic mass is 9.86. The number of fused-ring (bicyclic) bond motifs is 2. The molecule has 0 N–H and O–H groups in total. The van der Waals surface area contributed by atoms with Gasteiger partial charge in [0.05, 0.1) is 11.3 Å². The molecule has 0 amide bonds. The average molecular weight is 347 g/mol. The summed E-state index contributed by atoms with van der Waals surface area (Å²) in [6, 6.07) is 7.85. The zero-order chi connectivity index (χ0) is 16.8. The summed E-state index contributed by atoms with van der Waals surface area (Å²) >= 11 is 1.69. The third-order valence-electron chi connectivity index (χ3n) is 4.45. The van der Waals surface area contributed by atoms with Crippen molar-refractivity contribution >= 4 is 22.9 Å². The molecule has 0 spiro atoms. The highest BCUT2D eigenvalue weighted by molar-refractivity contribution is 7.10. The standard InChI is InChI=1S/C18H13N5OS/c24-15-8-12(16-4-2-6-25-16)7-14-13(15)10-23-18(20-14)21-17(22-23)11-3-1-5-19-9-11/h1-6,9-10,12H,7-8H2/t12-/m1/s1. The van der Waals surface area contributed by atoms with E-state index < -0.39 is 0 Å². The second kappa shape index (κ2) is 5.56. The van der Waals surface area contributed by atoms with Crippen molar-refractivity contribution in [3.8, 4) is 11.4 Å². The monoisotopic (exact) mass is 347 g/mol. The van der Waals surface area contributed by atoms with Crippen molar-refractivity contribution in [2.24, 2.45) is 0 Å². The summed E-state index contributed by atoms with van der Waals surface area (Å²) in [6.07, 6.45) is 6.46. The molecule has 4 aromatic rings. The summed E-state index contributed by atoms with van der Waals surface area (Å²) in [7, 11) is 0. The van der Waals surface area contributed by atoms with Crippen LogP contribution in [-0.4, -0.2) is 30.3 Å². The van der Waals surface area contributed by atoms with Gasteiger partial charge in [-0.3, -0.25) is 9.78 Å². The second-order valence-corrected chi connectivity index (χ2v) is 7.05. The smallest absolute Gasteiger partial charge is 0.252 e. The van der Waals surface area contributed by atoms with Gasteiger partial charge in [-0.1, -0.05) is 6.07 Å². The predicted octanol–water partition coefficient (Wildman–Crippen LogP) is 3.16. The van der Waals surface area contributed by atoms with Crippen LogP contribution in [0.4, 0.5) is 0 Å². The fraction of sp³-hybridized carbons (Fsp3) is 0.167. The van der Waals surface area contributed by atoms with Crippen molar-refractivity contribution in [3.05, 3.63) is 64.4 Å². The molecular formula is C18H13N5OS. The summed E-state index contributed by atoms with van der Waals surface area (Å²) < 4.78 is 1.59. The maximum Gasteiger partial charge on any atom is 0.252 e. The zero-order valence-electron chi connectivity index (χ0n) is 13.2. The van der Waals surface area contributed by atoms with Gasteiger partial charge < -0.3 is 0 Å². The highest BCUT2D eigenvalue weighted by Gasteiger charge is 2.29. The number of hydrogen-bond acceptors (Lipinski definition) is 6. The minimum Gasteiger partial charge on any atom is -0.294 e. The molecule has 6 nitrogen and oxygen atoms in total. The van der Waals surface area contributed by atoms with Crippen LogP contribution in [0, 0.1) is 0 Å².